The monoisotopic (exact) mass is 244 g/mol. The number of carbonyl (C=O) groups is 2. The van der Waals surface area contributed by atoms with E-state index < -0.39 is 28.2 Å². The zero-order valence-electron chi connectivity index (χ0n) is 11.6. The molecule has 0 heterocycles. The molecule has 0 aromatic carbocycles. The summed E-state index contributed by atoms with van der Waals surface area (Å²) in [5, 5.41) is 18.2. The van der Waals surface area contributed by atoms with Gasteiger partial charge in [-0.15, -0.1) is 0 Å². The number of hydrogen-bond acceptors (Lipinski definition) is 2. The van der Waals surface area contributed by atoms with E-state index in [1.165, 1.54) is 0 Å². The molecule has 4 heteroatoms. The van der Waals surface area contributed by atoms with Gasteiger partial charge < -0.3 is 10.2 Å². The van der Waals surface area contributed by atoms with Crippen LogP contribution in [0.4, 0.5) is 0 Å². The van der Waals surface area contributed by atoms with Crippen LogP contribution < -0.4 is 0 Å². The highest BCUT2D eigenvalue weighted by Crippen LogP contribution is 2.56. The summed E-state index contributed by atoms with van der Waals surface area (Å²) in [6.45, 7) is 11.4. The third-order valence-electron chi connectivity index (χ3n) is 3.78. The van der Waals surface area contributed by atoms with Gasteiger partial charge in [0, 0.05) is 5.41 Å². The lowest BCUT2D eigenvalue weighted by Gasteiger charge is -2.52. The van der Waals surface area contributed by atoms with Crippen LogP contribution in [0.15, 0.2) is 0 Å². The van der Waals surface area contributed by atoms with Gasteiger partial charge in [0.1, 0.15) is 0 Å². The molecule has 0 aromatic heterocycles. The first-order valence-electron chi connectivity index (χ1n) is 5.77. The number of hydrogen-bond donors (Lipinski definition) is 2. The van der Waals surface area contributed by atoms with Gasteiger partial charge in [-0.05, 0) is 10.8 Å². The van der Waals surface area contributed by atoms with Gasteiger partial charge in [-0.3, -0.25) is 9.59 Å². The average Bonchev–Trinajstić information content (AvgIpc) is 1.96. The predicted octanol–water partition coefficient (Wildman–Crippen LogP) is 3.01. The minimum absolute atomic E-state index is 0.133. The van der Waals surface area contributed by atoms with Crippen LogP contribution in [0.2, 0.25) is 0 Å². The van der Waals surface area contributed by atoms with Crippen molar-refractivity contribution in [3.63, 3.8) is 0 Å². The minimum atomic E-state index is -0.948. The second kappa shape index (κ2) is 4.67. The van der Waals surface area contributed by atoms with Crippen LogP contribution in [-0.2, 0) is 9.59 Å². The molecule has 100 valence electrons. The van der Waals surface area contributed by atoms with E-state index in [1.807, 2.05) is 41.5 Å². The molecule has 0 aliphatic heterocycles. The minimum Gasteiger partial charge on any atom is -0.481 e. The number of carboxylic acids is 2. The van der Waals surface area contributed by atoms with Gasteiger partial charge in [-0.1, -0.05) is 41.5 Å². The van der Waals surface area contributed by atoms with Crippen LogP contribution in [0.3, 0.4) is 0 Å². The van der Waals surface area contributed by atoms with E-state index in [2.05, 4.69) is 0 Å². The summed E-state index contributed by atoms with van der Waals surface area (Å²) < 4.78 is 0. The van der Waals surface area contributed by atoms with E-state index in [4.69, 9.17) is 10.2 Å². The molecule has 17 heavy (non-hydrogen) atoms. The van der Waals surface area contributed by atoms with Crippen molar-refractivity contribution in [2.24, 2.45) is 16.2 Å². The van der Waals surface area contributed by atoms with Crippen LogP contribution in [0.1, 0.15) is 54.4 Å². The summed E-state index contributed by atoms with van der Waals surface area (Å²) in [7, 11) is 0. The smallest absolute Gasteiger partial charge is 0.303 e. The van der Waals surface area contributed by atoms with E-state index in [9.17, 15) is 9.59 Å². The molecule has 4 nitrogen and oxygen atoms in total. The summed E-state index contributed by atoms with van der Waals surface area (Å²) in [4.78, 5) is 22.2. The molecule has 0 atom stereocenters. The Morgan fingerprint density at radius 3 is 1.12 bits per heavy atom. The SMILES string of the molecule is CC(C)(C)C(CC(=O)O)(CC(=O)O)C(C)(C)C. The van der Waals surface area contributed by atoms with Gasteiger partial charge in [-0.25, -0.2) is 0 Å². The van der Waals surface area contributed by atoms with Gasteiger partial charge >= 0.3 is 11.9 Å². The lowest BCUT2D eigenvalue weighted by Crippen LogP contribution is -2.49. The van der Waals surface area contributed by atoms with Crippen LogP contribution in [0.5, 0.6) is 0 Å². The third kappa shape index (κ3) is 3.45. The normalized spacial score (nSPS) is 13.5. The maximum atomic E-state index is 11.1. The fraction of sp³-hybridized carbons (Fsp3) is 0.846. The van der Waals surface area contributed by atoms with E-state index >= 15 is 0 Å². The van der Waals surface area contributed by atoms with Crippen molar-refractivity contribution < 1.29 is 19.8 Å². The van der Waals surface area contributed by atoms with Crippen LogP contribution >= 0.6 is 0 Å². The van der Waals surface area contributed by atoms with Gasteiger partial charge in [0.2, 0.25) is 0 Å². The summed E-state index contributed by atoms with van der Waals surface area (Å²) in [6.07, 6.45) is -0.265. The lowest BCUT2D eigenvalue weighted by molar-refractivity contribution is -0.156. The van der Waals surface area contributed by atoms with Gasteiger partial charge in [0.25, 0.3) is 0 Å². The van der Waals surface area contributed by atoms with E-state index in [0.29, 0.717) is 0 Å². The number of aliphatic carboxylic acids is 2. The molecular weight excluding hydrogens is 220 g/mol. The van der Waals surface area contributed by atoms with Crippen molar-refractivity contribution >= 4 is 11.9 Å². The van der Waals surface area contributed by atoms with Crippen molar-refractivity contribution in [1.29, 1.82) is 0 Å². The van der Waals surface area contributed by atoms with Crippen molar-refractivity contribution in [3.8, 4) is 0 Å². The maximum Gasteiger partial charge on any atom is 0.303 e. The Morgan fingerprint density at radius 1 is 0.765 bits per heavy atom. The lowest BCUT2D eigenvalue weighted by atomic mass is 9.51. The first-order valence-corrected chi connectivity index (χ1v) is 5.77. The maximum absolute atomic E-state index is 11.1. The molecule has 0 saturated heterocycles. The molecule has 0 radical (unpaired) electrons. The van der Waals surface area contributed by atoms with E-state index in [0.717, 1.165) is 0 Å². The second-order valence-electron chi connectivity index (χ2n) is 6.72. The standard InChI is InChI=1S/C13H24O4/c1-11(2,3)13(7-9(14)15,8-10(16)17)12(4,5)6/h7-8H2,1-6H3,(H,14,15)(H,16,17). The van der Waals surface area contributed by atoms with Crippen molar-refractivity contribution in [1.82, 2.24) is 0 Å². The Hall–Kier alpha value is -1.06. The molecule has 0 spiro atoms. The highest BCUT2D eigenvalue weighted by atomic mass is 16.4. The highest BCUT2D eigenvalue weighted by Gasteiger charge is 2.52. The van der Waals surface area contributed by atoms with Crippen LogP contribution in [-0.4, -0.2) is 22.2 Å². The van der Waals surface area contributed by atoms with Gasteiger partial charge in [0.05, 0.1) is 12.8 Å². The molecule has 0 aliphatic carbocycles. The quantitative estimate of drug-likeness (QED) is 0.797. The first kappa shape index (κ1) is 15.9. The topological polar surface area (TPSA) is 74.6 Å². The Balaban J connectivity index is 5.71. The fourth-order valence-electron chi connectivity index (χ4n) is 2.76. The Morgan fingerprint density at radius 2 is 1.00 bits per heavy atom. The Bertz CT molecular complexity index is 272. The molecule has 0 rings (SSSR count). The molecule has 0 aliphatic rings. The molecular formula is C13H24O4. The van der Waals surface area contributed by atoms with Crippen LogP contribution in [0.25, 0.3) is 0 Å². The Kier molecular flexibility index (Phi) is 4.38. The van der Waals surface area contributed by atoms with Crippen LogP contribution in [0, 0.1) is 16.2 Å². The predicted molar refractivity (Wildman–Crippen MR) is 65.8 cm³/mol. The highest BCUT2D eigenvalue weighted by molar-refractivity contribution is 5.72. The zero-order chi connectivity index (χ0) is 14.1. The van der Waals surface area contributed by atoms with Gasteiger partial charge in [0.15, 0.2) is 0 Å². The van der Waals surface area contributed by atoms with E-state index in [-0.39, 0.29) is 12.8 Å². The molecule has 0 unspecified atom stereocenters. The number of carboxylic acid groups (broad SMARTS) is 2. The summed E-state index contributed by atoms with van der Waals surface area (Å²) in [5.74, 6) is -1.90. The molecule has 0 saturated carbocycles. The first-order chi connectivity index (χ1) is 7.33. The van der Waals surface area contributed by atoms with Crippen molar-refractivity contribution in [2.45, 2.75) is 54.4 Å². The average molecular weight is 244 g/mol. The summed E-state index contributed by atoms with van der Waals surface area (Å²) in [6, 6.07) is 0. The van der Waals surface area contributed by atoms with Gasteiger partial charge in [-0.2, -0.15) is 0 Å². The molecule has 0 aromatic rings. The summed E-state index contributed by atoms with van der Waals surface area (Å²) >= 11 is 0. The second-order valence-corrected chi connectivity index (χ2v) is 6.72. The Labute approximate surface area is 103 Å². The fourth-order valence-corrected chi connectivity index (χ4v) is 2.76. The molecule has 0 bridgehead atoms. The largest absolute Gasteiger partial charge is 0.481 e. The zero-order valence-corrected chi connectivity index (χ0v) is 11.6. The molecule has 0 fully saturated rings. The molecule has 0 amide bonds. The van der Waals surface area contributed by atoms with Crippen molar-refractivity contribution in [2.75, 3.05) is 0 Å². The summed E-state index contributed by atoms with van der Waals surface area (Å²) in [5.41, 5.74) is -1.58. The third-order valence-corrected chi connectivity index (χ3v) is 3.78. The number of rotatable bonds is 4. The van der Waals surface area contributed by atoms with Crippen molar-refractivity contribution in [3.05, 3.63) is 0 Å². The van der Waals surface area contributed by atoms with E-state index in [1.54, 1.807) is 0 Å². The molecule has 2 N–H and O–H groups in total.